The summed E-state index contributed by atoms with van der Waals surface area (Å²) in [7, 11) is -10.2. The molecule has 0 rings (SSSR count). The first-order valence-electron chi connectivity index (χ1n) is 3.70. The van der Waals surface area contributed by atoms with Crippen molar-refractivity contribution in [2.24, 2.45) is 0 Å². The first-order valence-corrected chi connectivity index (χ1v) is 6.85. The summed E-state index contributed by atoms with van der Waals surface area (Å²) < 4.78 is 21.6. The molecule has 0 atom stereocenters. The van der Waals surface area contributed by atoms with Crippen LogP contribution < -0.4 is 47.5 Å². The van der Waals surface area contributed by atoms with E-state index < -0.39 is 20.1 Å². The first kappa shape index (κ1) is 21.7. The van der Waals surface area contributed by atoms with Crippen molar-refractivity contribution in [3.63, 3.8) is 0 Å². The fraction of sp³-hybridized carbons (Fsp3) is 1.00. The zero-order valence-corrected chi connectivity index (χ0v) is 11.1. The zero-order chi connectivity index (χ0) is 10.9. The van der Waals surface area contributed by atoms with Crippen LogP contribution >= 0.6 is 15.2 Å². The van der Waals surface area contributed by atoms with Gasteiger partial charge in [0.25, 0.3) is 0 Å². The van der Waals surface area contributed by atoms with Crippen molar-refractivity contribution in [2.75, 3.05) is 0 Å². The molecule has 0 unspecified atom stereocenters. The van der Waals surface area contributed by atoms with Crippen molar-refractivity contribution in [1.82, 2.24) is 0 Å². The van der Waals surface area contributed by atoms with Gasteiger partial charge < -0.3 is 24.1 Å². The van der Waals surface area contributed by atoms with Gasteiger partial charge in [0.15, 0.2) is 0 Å². The second kappa shape index (κ2) is 7.05. The molecule has 0 bridgehead atoms. The standard InChI is InChI=1S/C5H14O6P2.2Li/c1-3-5(4-2,12(6,7)8)13(9,10)11;;/h3-4H2,1-2H3,(H2,6,7,8)(H2,9,10,11);;/q;2*+1/p-2. The molecule has 80 valence electrons. The van der Waals surface area contributed by atoms with E-state index in [1.54, 1.807) is 0 Å². The minimum absolute atomic E-state index is 0. The topological polar surface area (TPSA) is 121 Å². The van der Waals surface area contributed by atoms with Crippen molar-refractivity contribution < 1.29 is 66.4 Å². The first-order chi connectivity index (χ1) is 5.62. The monoisotopic (exact) mass is 244 g/mol. The Kier molecular flexibility index (Phi) is 10.2. The molecule has 10 heteroatoms. The van der Waals surface area contributed by atoms with Crippen molar-refractivity contribution in [3.8, 4) is 0 Å². The number of rotatable bonds is 4. The van der Waals surface area contributed by atoms with E-state index in [0.29, 0.717) is 0 Å². The molecule has 0 saturated carbocycles. The fourth-order valence-corrected chi connectivity index (χ4v) is 4.08. The van der Waals surface area contributed by atoms with Crippen LogP contribution in [-0.2, 0) is 9.13 Å². The van der Waals surface area contributed by atoms with Gasteiger partial charge in [-0.15, -0.1) is 0 Å². The fourth-order valence-electron chi connectivity index (χ4n) is 1.21. The molecule has 15 heavy (non-hydrogen) atoms. The minimum Gasteiger partial charge on any atom is -0.810 e. The van der Waals surface area contributed by atoms with E-state index in [2.05, 4.69) is 0 Å². The van der Waals surface area contributed by atoms with Crippen molar-refractivity contribution >= 4 is 15.2 Å². The van der Waals surface area contributed by atoms with Crippen LogP contribution in [0.4, 0.5) is 0 Å². The van der Waals surface area contributed by atoms with Gasteiger partial charge in [-0.2, -0.15) is 0 Å². The molecule has 0 amide bonds. The Morgan fingerprint density at radius 2 is 1.33 bits per heavy atom. The van der Waals surface area contributed by atoms with Crippen LogP contribution in [-0.4, -0.2) is 14.7 Å². The third-order valence-corrected chi connectivity index (χ3v) is 7.07. The van der Waals surface area contributed by atoms with Crippen molar-refractivity contribution in [3.05, 3.63) is 0 Å². The minimum atomic E-state index is -5.29. The van der Waals surface area contributed by atoms with Crippen LogP contribution in [0.25, 0.3) is 0 Å². The summed E-state index contributed by atoms with van der Waals surface area (Å²) in [6.07, 6.45) is -0.754. The van der Waals surface area contributed by atoms with Gasteiger partial charge in [0, 0.05) is 0 Å². The Balaban J connectivity index is -0.000000720. The van der Waals surface area contributed by atoms with Gasteiger partial charge >= 0.3 is 45.3 Å². The second-order valence-electron chi connectivity index (χ2n) is 2.73. The molecule has 0 radical (unpaired) electrons. The molecule has 0 fully saturated rings. The van der Waals surface area contributed by atoms with Gasteiger partial charge in [0.05, 0.1) is 4.90 Å². The van der Waals surface area contributed by atoms with Gasteiger partial charge in [-0.3, -0.25) is 4.57 Å². The number of hydrogen-bond acceptors (Lipinski definition) is 4. The van der Waals surface area contributed by atoms with Crippen LogP contribution in [0, 0.1) is 0 Å². The Morgan fingerprint density at radius 3 is 1.33 bits per heavy atom. The van der Waals surface area contributed by atoms with Crippen LogP contribution in [0.2, 0.25) is 0 Å². The number of hydrogen-bond donors (Lipinski definition) is 2. The molecule has 6 nitrogen and oxygen atoms in total. The van der Waals surface area contributed by atoms with E-state index in [1.165, 1.54) is 13.8 Å². The molecule has 0 aromatic heterocycles. The maximum atomic E-state index is 10.9. The third-order valence-electron chi connectivity index (χ3n) is 2.18. The predicted molar refractivity (Wildman–Crippen MR) is 43.0 cm³/mol. The van der Waals surface area contributed by atoms with E-state index in [4.69, 9.17) is 9.79 Å². The van der Waals surface area contributed by atoms with Gasteiger partial charge in [-0.05, 0) is 20.4 Å². The molecule has 0 aromatic carbocycles. The zero-order valence-electron chi connectivity index (χ0n) is 9.34. The van der Waals surface area contributed by atoms with E-state index in [0.717, 1.165) is 0 Å². The maximum Gasteiger partial charge on any atom is 1.00 e. The SMILES string of the molecule is CCC(CC)(P(=O)([O-])[O-])P(=O)(O)O.[Li+].[Li+]. The van der Waals surface area contributed by atoms with Crippen LogP contribution in [0.5, 0.6) is 0 Å². The Bertz CT molecular complexity index is 243. The van der Waals surface area contributed by atoms with Crippen molar-refractivity contribution in [1.29, 1.82) is 0 Å². The van der Waals surface area contributed by atoms with Gasteiger partial charge in [-0.25, -0.2) is 0 Å². The van der Waals surface area contributed by atoms with Gasteiger partial charge in [-0.1, -0.05) is 13.8 Å². The Hall–Kier alpha value is 1.49. The summed E-state index contributed by atoms with van der Waals surface area (Å²) >= 11 is 0. The molecule has 2 N–H and O–H groups in total. The quantitative estimate of drug-likeness (QED) is 0.374. The molecule has 0 saturated heterocycles. The van der Waals surface area contributed by atoms with E-state index >= 15 is 0 Å². The molecule has 0 aliphatic rings. The smallest absolute Gasteiger partial charge is 0.810 e. The van der Waals surface area contributed by atoms with Crippen LogP contribution in [0.1, 0.15) is 26.7 Å². The van der Waals surface area contributed by atoms with Crippen LogP contribution in [0.3, 0.4) is 0 Å². The normalized spacial score (nSPS) is 12.7. The Labute approximate surface area is 113 Å². The predicted octanol–water partition coefficient (Wildman–Crippen LogP) is -6.40. The largest absolute Gasteiger partial charge is 1.00 e. The molecule has 0 aliphatic carbocycles. The molecule has 0 spiro atoms. The van der Waals surface area contributed by atoms with E-state index in [9.17, 15) is 18.9 Å². The summed E-state index contributed by atoms with van der Waals surface area (Å²) in [6, 6.07) is 0. The average molecular weight is 244 g/mol. The summed E-state index contributed by atoms with van der Waals surface area (Å²) in [4.78, 5) is 36.7. The van der Waals surface area contributed by atoms with Gasteiger partial charge in [0.1, 0.15) is 0 Å². The molecule has 0 aromatic rings. The average Bonchev–Trinajstić information content (AvgIpc) is 1.84. The van der Waals surface area contributed by atoms with E-state index in [1.807, 2.05) is 0 Å². The summed E-state index contributed by atoms with van der Waals surface area (Å²) in [5.74, 6) is 0. The van der Waals surface area contributed by atoms with E-state index in [-0.39, 0.29) is 50.6 Å². The molecular weight excluding hydrogens is 232 g/mol. The van der Waals surface area contributed by atoms with Gasteiger partial charge in [0.2, 0.25) is 0 Å². The molecule has 0 heterocycles. The second-order valence-corrected chi connectivity index (χ2v) is 6.88. The van der Waals surface area contributed by atoms with Crippen molar-refractivity contribution in [2.45, 2.75) is 31.6 Å². The molecule has 0 aliphatic heterocycles. The summed E-state index contributed by atoms with van der Waals surface area (Å²) in [5.41, 5.74) is 0. The summed E-state index contributed by atoms with van der Waals surface area (Å²) in [5, 5.41) is 0. The maximum absolute atomic E-state index is 10.9. The molecular formula is C5H12Li2O6P2. The summed E-state index contributed by atoms with van der Waals surface area (Å²) in [6.45, 7) is 2.54. The van der Waals surface area contributed by atoms with Crippen LogP contribution in [0.15, 0.2) is 0 Å². The third kappa shape index (κ3) is 4.34. The Morgan fingerprint density at radius 1 is 1.07 bits per heavy atom.